The van der Waals surface area contributed by atoms with Gasteiger partial charge < -0.3 is 19.4 Å². The zero-order chi connectivity index (χ0) is 25.7. The molecule has 0 atom stereocenters. The van der Waals surface area contributed by atoms with Crippen molar-refractivity contribution in [3.05, 3.63) is 57.1 Å². The first-order valence-corrected chi connectivity index (χ1v) is 12.0. The topological polar surface area (TPSA) is 110 Å². The van der Waals surface area contributed by atoms with Crippen LogP contribution < -0.4 is 5.32 Å². The smallest absolute Gasteiger partial charge is 0.341 e. The van der Waals surface area contributed by atoms with Gasteiger partial charge in [0.05, 0.1) is 18.8 Å². The number of carbonyl (C=O) groups is 3. The van der Waals surface area contributed by atoms with E-state index in [9.17, 15) is 19.6 Å². The van der Waals surface area contributed by atoms with Crippen molar-refractivity contribution >= 4 is 51.2 Å². The standard InChI is InChI=1S/C26H27N3O5S/c1-6-33-22(30)14-29-16(4)20(19-10-8-9-11-21(19)29)12-18(13-27)24(31)28-25-23(26(32)34-7-2)15(3)17(5)35-25/h8-12H,6-7,14H2,1-5H3,(H,28,31)/b18-12+. The van der Waals surface area contributed by atoms with Crippen LogP contribution in [0.5, 0.6) is 0 Å². The van der Waals surface area contributed by atoms with Crippen LogP contribution in [0, 0.1) is 32.1 Å². The molecule has 182 valence electrons. The van der Waals surface area contributed by atoms with Crippen molar-refractivity contribution in [2.24, 2.45) is 0 Å². The molecular weight excluding hydrogens is 466 g/mol. The molecule has 0 saturated heterocycles. The first-order chi connectivity index (χ1) is 16.7. The zero-order valence-electron chi connectivity index (χ0n) is 20.4. The van der Waals surface area contributed by atoms with E-state index in [2.05, 4.69) is 5.32 Å². The highest BCUT2D eigenvalue weighted by Gasteiger charge is 2.24. The number of hydrogen-bond donors (Lipinski definition) is 1. The molecule has 0 fully saturated rings. The molecule has 1 amide bonds. The molecule has 1 N–H and O–H groups in total. The predicted octanol–water partition coefficient (Wildman–Crippen LogP) is 4.91. The van der Waals surface area contributed by atoms with Gasteiger partial charge in [-0.1, -0.05) is 18.2 Å². The molecular formula is C26H27N3O5S. The maximum Gasteiger partial charge on any atom is 0.341 e. The number of rotatable bonds is 8. The molecule has 9 heteroatoms. The van der Waals surface area contributed by atoms with E-state index < -0.39 is 11.9 Å². The van der Waals surface area contributed by atoms with Gasteiger partial charge in [-0.2, -0.15) is 5.26 Å². The van der Waals surface area contributed by atoms with E-state index in [1.165, 1.54) is 17.4 Å². The van der Waals surface area contributed by atoms with E-state index in [-0.39, 0.29) is 31.3 Å². The Morgan fingerprint density at radius 1 is 1.11 bits per heavy atom. The second-order valence-electron chi connectivity index (χ2n) is 7.74. The van der Waals surface area contributed by atoms with Gasteiger partial charge in [-0.15, -0.1) is 11.3 Å². The number of para-hydroxylation sites is 1. The number of nitrogens with one attached hydrogen (secondary N) is 1. The third-order valence-corrected chi connectivity index (χ3v) is 6.74. The zero-order valence-corrected chi connectivity index (χ0v) is 21.2. The van der Waals surface area contributed by atoms with E-state index in [0.29, 0.717) is 16.1 Å². The number of fused-ring (bicyclic) bond motifs is 1. The monoisotopic (exact) mass is 493 g/mol. The molecule has 0 aliphatic carbocycles. The second kappa shape index (κ2) is 11.0. The lowest BCUT2D eigenvalue weighted by molar-refractivity contribution is -0.143. The molecule has 3 aromatic rings. The number of thiophene rings is 1. The Kier molecular flexibility index (Phi) is 8.10. The SMILES string of the molecule is CCOC(=O)Cn1c(C)c(/C=C(\C#N)C(=O)Nc2sc(C)c(C)c2C(=O)OCC)c2ccccc21. The number of aryl methyl sites for hydroxylation is 1. The Morgan fingerprint density at radius 2 is 1.80 bits per heavy atom. The maximum absolute atomic E-state index is 13.1. The number of aromatic nitrogens is 1. The quantitative estimate of drug-likeness (QED) is 0.271. The van der Waals surface area contributed by atoms with Crippen LogP contribution in [0.25, 0.3) is 17.0 Å². The number of amides is 1. The molecule has 0 aliphatic rings. The Bertz CT molecular complexity index is 1370. The van der Waals surface area contributed by atoms with Gasteiger partial charge >= 0.3 is 11.9 Å². The van der Waals surface area contributed by atoms with E-state index in [4.69, 9.17) is 9.47 Å². The van der Waals surface area contributed by atoms with Gasteiger partial charge in [0.2, 0.25) is 0 Å². The lowest BCUT2D eigenvalue weighted by atomic mass is 10.1. The molecule has 2 heterocycles. The minimum Gasteiger partial charge on any atom is -0.465 e. The van der Waals surface area contributed by atoms with Gasteiger partial charge in [0.25, 0.3) is 5.91 Å². The van der Waals surface area contributed by atoms with Crippen molar-refractivity contribution < 1.29 is 23.9 Å². The first-order valence-electron chi connectivity index (χ1n) is 11.2. The molecule has 8 nitrogen and oxygen atoms in total. The average Bonchev–Trinajstić information content (AvgIpc) is 3.24. The third kappa shape index (κ3) is 5.28. The van der Waals surface area contributed by atoms with Crippen LogP contribution >= 0.6 is 11.3 Å². The number of hydrogen-bond acceptors (Lipinski definition) is 7. The fourth-order valence-corrected chi connectivity index (χ4v) is 4.85. The van der Waals surface area contributed by atoms with E-state index in [1.54, 1.807) is 25.3 Å². The van der Waals surface area contributed by atoms with Gasteiger partial charge in [0, 0.05) is 27.0 Å². The minimum absolute atomic E-state index is 0.0127. The summed E-state index contributed by atoms with van der Waals surface area (Å²) in [6.45, 7) is 9.41. The van der Waals surface area contributed by atoms with Crippen LogP contribution in [-0.4, -0.2) is 35.6 Å². The van der Waals surface area contributed by atoms with Gasteiger partial charge in [-0.3, -0.25) is 9.59 Å². The van der Waals surface area contributed by atoms with Crippen molar-refractivity contribution in [3.63, 3.8) is 0 Å². The Labute approximate surface area is 207 Å². The molecule has 35 heavy (non-hydrogen) atoms. The number of benzene rings is 1. The Balaban J connectivity index is 2.02. The highest BCUT2D eigenvalue weighted by molar-refractivity contribution is 7.16. The van der Waals surface area contributed by atoms with Crippen molar-refractivity contribution in [3.8, 4) is 6.07 Å². The summed E-state index contributed by atoms with van der Waals surface area (Å²) in [6, 6.07) is 9.41. The van der Waals surface area contributed by atoms with Gasteiger partial charge in [0.15, 0.2) is 0 Å². The summed E-state index contributed by atoms with van der Waals surface area (Å²) in [7, 11) is 0. The number of nitriles is 1. The molecule has 3 rings (SSSR count). The molecule has 0 spiro atoms. The number of ether oxygens (including phenoxy) is 2. The van der Waals surface area contributed by atoms with Crippen LogP contribution in [0.4, 0.5) is 5.00 Å². The molecule has 0 bridgehead atoms. The summed E-state index contributed by atoms with van der Waals surface area (Å²) in [5.74, 6) is -1.54. The van der Waals surface area contributed by atoms with Crippen LogP contribution in [0.3, 0.4) is 0 Å². The number of esters is 2. The van der Waals surface area contributed by atoms with Crippen molar-refractivity contribution in [1.82, 2.24) is 4.57 Å². The fraction of sp³-hybridized carbons (Fsp3) is 0.308. The second-order valence-corrected chi connectivity index (χ2v) is 8.96. The van der Waals surface area contributed by atoms with Crippen LogP contribution in [0.2, 0.25) is 0 Å². The van der Waals surface area contributed by atoms with Crippen LogP contribution in [0.1, 0.15) is 45.9 Å². The minimum atomic E-state index is -0.638. The fourth-order valence-electron chi connectivity index (χ4n) is 3.81. The van der Waals surface area contributed by atoms with Crippen molar-refractivity contribution in [2.45, 2.75) is 41.2 Å². The normalized spacial score (nSPS) is 11.3. The first kappa shape index (κ1) is 25.7. The Hall–Kier alpha value is -3.90. The maximum atomic E-state index is 13.1. The largest absolute Gasteiger partial charge is 0.465 e. The summed E-state index contributed by atoms with van der Waals surface area (Å²) in [5, 5.41) is 13.6. The van der Waals surface area contributed by atoms with Crippen molar-refractivity contribution in [1.29, 1.82) is 5.26 Å². The number of nitrogens with zero attached hydrogens (tertiary/aromatic N) is 2. The highest BCUT2D eigenvalue weighted by Crippen LogP contribution is 2.34. The summed E-state index contributed by atoms with van der Waals surface area (Å²) in [5.41, 5.74) is 3.05. The van der Waals surface area contributed by atoms with Crippen LogP contribution in [0.15, 0.2) is 29.8 Å². The predicted molar refractivity (Wildman–Crippen MR) is 135 cm³/mol. The lowest BCUT2D eigenvalue weighted by Crippen LogP contribution is -2.16. The van der Waals surface area contributed by atoms with E-state index >= 15 is 0 Å². The molecule has 0 saturated carbocycles. The highest BCUT2D eigenvalue weighted by atomic mass is 32.1. The number of carbonyl (C=O) groups excluding carboxylic acids is 3. The van der Waals surface area contributed by atoms with E-state index in [0.717, 1.165) is 27.0 Å². The number of anilines is 1. The summed E-state index contributed by atoms with van der Waals surface area (Å²) in [4.78, 5) is 38.6. The molecule has 1 aromatic carbocycles. The molecule has 0 aliphatic heterocycles. The molecule has 0 unspecified atom stereocenters. The summed E-state index contributed by atoms with van der Waals surface area (Å²) in [6.07, 6.45) is 1.51. The van der Waals surface area contributed by atoms with Crippen molar-refractivity contribution in [2.75, 3.05) is 18.5 Å². The summed E-state index contributed by atoms with van der Waals surface area (Å²) < 4.78 is 12.0. The van der Waals surface area contributed by atoms with E-state index in [1.807, 2.05) is 44.2 Å². The molecule has 2 aromatic heterocycles. The average molecular weight is 494 g/mol. The lowest BCUT2D eigenvalue weighted by Gasteiger charge is -2.08. The van der Waals surface area contributed by atoms with Gasteiger partial charge in [-0.25, -0.2) is 4.79 Å². The Morgan fingerprint density at radius 3 is 2.46 bits per heavy atom. The molecule has 0 radical (unpaired) electrons. The summed E-state index contributed by atoms with van der Waals surface area (Å²) >= 11 is 1.25. The third-order valence-electron chi connectivity index (χ3n) is 5.62. The van der Waals surface area contributed by atoms with Gasteiger partial charge in [0.1, 0.15) is 23.2 Å². The van der Waals surface area contributed by atoms with Crippen LogP contribution in [-0.2, 0) is 25.6 Å². The van der Waals surface area contributed by atoms with Gasteiger partial charge in [-0.05, 0) is 52.3 Å².